The van der Waals surface area contributed by atoms with Crippen molar-refractivity contribution in [1.29, 1.82) is 0 Å². The maximum absolute atomic E-state index is 5.54. The lowest BCUT2D eigenvalue weighted by Gasteiger charge is -2.31. The summed E-state index contributed by atoms with van der Waals surface area (Å²) in [5.74, 6) is 0.824. The number of piperidine rings is 1. The monoisotopic (exact) mass is 351 g/mol. The SMILES string of the molecule is C=CCN1CCC(n2ncc(-c3cc(OC)c4ccnn4c3)c2C)CC1. The molecule has 0 amide bonds. The second-order valence-electron chi connectivity index (χ2n) is 6.87. The van der Waals surface area contributed by atoms with Crippen molar-refractivity contribution in [3.63, 3.8) is 0 Å². The number of aromatic nitrogens is 4. The van der Waals surface area contributed by atoms with Crippen molar-refractivity contribution in [3.8, 4) is 16.9 Å². The molecular weight excluding hydrogens is 326 g/mol. The molecule has 0 bridgehead atoms. The van der Waals surface area contributed by atoms with Gasteiger partial charge in [-0.25, -0.2) is 4.52 Å². The van der Waals surface area contributed by atoms with Crippen LogP contribution in [0.1, 0.15) is 24.6 Å². The zero-order valence-electron chi connectivity index (χ0n) is 15.4. The largest absolute Gasteiger partial charge is 0.494 e. The molecule has 0 aliphatic carbocycles. The predicted molar refractivity (Wildman–Crippen MR) is 103 cm³/mol. The average Bonchev–Trinajstić information content (AvgIpc) is 3.28. The van der Waals surface area contributed by atoms with E-state index < -0.39 is 0 Å². The fourth-order valence-corrected chi connectivity index (χ4v) is 3.91. The molecular formula is C20H25N5O. The van der Waals surface area contributed by atoms with Crippen LogP contribution in [0.5, 0.6) is 5.75 Å². The lowest BCUT2D eigenvalue weighted by molar-refractivity contribution is 0.194. The number of likely N-dealkylation sites (tertiary alicyclic amines) is 1. The van der Waals surface area contributed by atoms with Crippen LogP contribution in [0.3, 0.4) is 0 Å². The average molecular weight is 351 g/mol. The van der Waals surface area contributed by atoms with Gasteiger partial charge in [0.05, 0.1) is 25.5 Å². The Balaban J connectivity index is 1.63. The van der Waals surface area contributed by atoms with Crippen LogP contribution in [-0.4, -0.2) is 51.0 Å². The van der Waals surface area contributed by atoms with Crippen LogP contribution in [0.2, 0.25) is 0 Å². The molecule has 3 aromatic heterocycles. The highest BCUT2D eigenvalue weighted by Gasteiger charge is 2.23. The van der Waals surface area contributed by atoms with Crippen LogP contribution < -0.4 is 4.74 Å². The zero-order chi connectivity index (χ0) is 18.1. The van der Waals surface area contributed by atoms with Crippen molar-refractivity contribution < 1.29 is 4.74 Å². The zero-order valence-corrected chi connectivity index (χ0v) is 15.4. The molecule has 0 unspecified atom stereocenters. The van der Waals surface area contributed by atoms with Crippen molar-refractivity contribution in [1.82, 2.24) is 24.3 Å². The molecule has 3 aromatic rings. The Bertz CT molecular complexity index is 918. The minimum Gasteiger partial charge on any atom is -0.494 e. The van der Waals surface area contributed by atoms with E-state index in [0.717, 1.165) is 54.9 Å². The third-order valence-corrected chi connectivity index (χ3v) is 5.34. The molecule has 26 heavy (non-hydrogen) atoms. The molecule has 136 valence electrons. The molecule has 1 aliphatic heterocycles. The standard InChI is InChI=1S/C20H25N5O/c1-4-9-23-10-6-17(7-11-23)25-15(2)18(13-22-25)16-12-20(26-3)19-5-8-21-24(19)14-16/h4-5,8,12-14,17H,1,6-7,9-11H2,2-3H3. The first kappa shape index (κ1) is 16.8. The first-order valence-corrected chi connectivity index (χ1v) is 9.10. The summed E-state index contributed by atoms with van der Waals surface area (Å²) in [4.78, 5) is 2.44. The summed E-state index contributed by atoms with van der Waals surface area (Å²) in [6.45, 7) is 9.15. The van der Waals surface area contributed by atoms with Gasteiger partial charge in [-0.2, -0.15) is 10.2 Å². The Kier molecular flexibility index (Phi) is 4.51. The molecule has 1 aliphatic rings. The molecule has 0 spiro atoms. The van der Waals surface area contributed by atoms with Gasteiger partial charge in [0.15, 0.2) is 0 Å². The van der Waals surface area contributed by atoms with E-state index in [1.807, 2.05) is 29.1 Å². The minimum atomic E-state index is 0.458. The van der Waals surface area contributed by atoms with E-state index in [9.17, 15) is 0 Å². The molecule has 0 saturated carbocycles. The van der Waals surface area contributed by atoms with Crippen molar-refractivity contribution in [2.75, 3.05) is 26.7 Å². The Morgan fingerprint density at radius 2 is 2.12 bits per heavy atom. The Hall–Kier alpha value is -2.60. The summed E-state index contributed by atoms with van der Waals surface area (Å²) in [6.07, 6.45) is 10.0. The summed E-state index contributed by atoms with van der Waals surface area (Å²) < 4.78 is 9.60. The number of rotatable bonds is 5. The quantitative estimate of drug-likeness (QED) is 0.662. The van der Waals surface area contributed by atoms with Gasteiger partial charge in [0.1, 0.15) is 11.3 Å². The van der Waals surface area contributed by atoms with Crippen LogP contribution >= 0.6 is 0 Å². The van der Waals surface area contributed by atoms with Gasteiger partial charge >= 0.3 is 0 Å². The minimum absolute atomic E-state index is 0.458. The second-order valence-corrected chi connectivity index (χ2v) is 6.87. The highest BCUT2D eigenvalue weighted by Crippen LogP contribution is 2.32. The highest BCUT2D eigenvalue weighted by molar-refractivity contribution is 5.71. The molecule has 0 radical (unpaired) electrons. The first-order chi connectivity index (χ1) is 12.7. The summed E-state index contributed by atoms with van der Waals surface area (Å²) in [5, 5.41) is 9.08. The van der Waals surface area contributed by atoms with Crippen molar-refractivity contribution in [3.05, 3.63) is 49.1 Å². The molecule has 6 nitrogen and oxygen atoms in total. The van der Waals surface area contributed by atoms with Crippen molar-refractivity contribution >= 4 is 5.52 Å². The third-order valence-electron chi connectivity index (χ3n) is 5.34. The van der Waals surface area contributed by atoms with E-state index in [1.165, 1.54) is 5.69 Å². The lowest BCUT2D eigenvalue weighted by atomic mass is 10.0. The Morgan fingerprint density at radius 1 is 1.31 bits per heavy atom. The number of methoxy groups -OCH3 is 1. The molecule has 4 rings (SSSR count). The number of hydrogen-bond acceptors (Lipinski definition) is 4. The number of fused-ring (bicyclic) bond motifs is 1. The molecule has 1 fully saturated rings. The molecule has 0 N–H and O–H groups in total. The van der Waals surface area contributed by atoms with Crippen LogP contribution in [0.15, 0.2) is 43.4 Å². The predicted octanol–water partition coefficient (Wildman–Crippen LogP) is 3.34. The van der Waals surface area contributed by atoms with Gasteiger partial charge in [0.25, 0.3) is 0 Å². The Labute approximate surface area is 153 Å². The third kappa shape index (κ3) is 2.90. The normalized spacial score (nSPS) is 16.2. The van der Waals surface area contributed by atoms with Crippen LogP contribution in [0.4, 0.5) is 0 Å². The summed E-state index contributed by atoms with van der Waals surface area (Å²) in [7, 11) is 1.69. The Morgan fingerprint density at radius 3 is 2.85 bits per heavy atom. The molecule has 0 aromatic carbocycles. The van der Waals surface area contributed by atoms with Gasteiger partial charge in [0, 0.05) is 42.7 Å². The smallest absolute Gasteiger partial charge is 0.145 e. The number of nitrogens with zero attached hydrogens (tertiary/aromatic N) is 5. The van der Waals surface area contributed by atoms with E-state index in [-0.39, 0.29) is 0 Å². The van der Waals surface area contributed by atoms with Gasteiger partial charge in [0.2, 0.25) is 0 Å². The fraction of sp³-hybridized carbons (Fsp3) is 0.400. The maximum Gasteiger partial charge on any atom is 0.145 e. The van der Waals surface area contributed by atoms with Crippen LogP contribution in [0.25, 0.3) is 16.6 Å². The number of pyridine rings is 1. The van der Waals surface area contributed by atoms with E-state index >= 15 is 0 Å². The fourth-order valence-electron chi connectivity index (χ4n) is 3.91. The van der Waals surface area contributed by atoms with Gasteiger partial charge in [-0.15, -0.1) is 6.58 Å². The molecule has 1 saturated heterocycles. The van der Waals surface area contributed by atoms with E-state index in [0.29, 0.717) is 6.04 Å². The first-order valence-electron chi connectivity index (χ1n) is 9.10. The summed E-state index contributed by atoms with van der Waals surface area (Å²) in [5.41, 5.74) is 4.37. The summed E-state index contributed by atoms with van der Waals surface area (Å²) in [6, 6.07) is 4.48. The van der Waals surface area contributed by atoms with E-state index in [2.05, 4.69) is 34.2 Å². The number of ether oxygens (including phenoxy) is 1. The molecule has 6 heteroatoms. The second kappa shape index (κ2) is 6.96. The van der Waals surface area contributed by atoms with Crippen LogP contribution in [-0.2, 0) is 0 Å². The summed E-state index contributed by atoms with van der Waals surface area (Å²) >= 11 is 0. The lowest BCUT2D eigenvalue weighted by Crippen LogP contribution is -2.35. The van der Waals surface area contributed by atoms with Gasteiger partial charge in [-0.3, -0.25) is 9.58 Å². The van der Waals surface area contributed by atoms with Gasteiger partial charge < -0.3 is 4.74 Å². The maximum atomic E-state index is 5.54. The van der Waals surface area contributed by atoms with Crippen LogP contribution in [0, 0.1) is 6.92 Å². The van der Waals surface area contributed by atoms with Crippen molar-refractivity contribution in [2.24, 2.45) is 0 Å². The number of hydrogen-bond donors (Lipinski definition) is 0. The van der Waals surface area contributed by atoms with E-state index in [4.69, 9.17) is 9.84 Å². The van der Waals surface area contributed by atoms with Gasteiger partial charge in [-0.1, -0.05) is 6.08 Å². The van der Waals surface area contributed by atoms with E-state index in [1.54, 1.807) is 13.3 Å². The van der Waals surface area contributed by atoms with Gasteiger partial charge in [-0.05, 0) is 31.9 Å². The molecule has 0 atom stereocenters. The highest BCUT2D eigenvalue weighted by atomic mass is 16.5. The topological polar surface area (TPSA) is 47.6 Å². The van der Waals surface area contributed by atoms with Crippen molar-refractivity contribution in [2.45, 2.75) is 25.8 Å². The molecule has 4 heterocycles.